The molecule has 0 atom stereocenters. The number of anilines is 1. The highest BCUT2D eigenvalue weighted by atomic mass is 19.4. The Kier molecular flexibility index (Phi) is 4.45. The average Bonchev–Trinajstić information content (AvgIpc) is 2.40. The van der Waals surface area contributed by atoms with Gasteiger partial charge < -0.3 is 10.5 Å². The van der Waals surface area contributed by atoms with Gasteiger partial charge in [-0.2, -0.15) is 13.2 Å². The maximum Gasteiger partial charge on any atom is 0.420 e. The highest BCUT2D eigenvalue weighted by molar-refractivity contribution is 5.49. The first-order valence-corrected chi connectivity index (χ1v) is 7.03. The molecule has 1 fully saturated rings. The van der Waals surface area contributed by atoms with Gasteiger partial charge in [-0.25, -0.2) is 0 Å². The highest BCUT2D eigenvalue weighted by Gasteiger charge is 2.35. The van der Waals surface area contributed by atoms with Crippen LogP contribution in [0.15, 0.2) is 18.2 Å². The minimum absolute atomic E-state index is 0.0966. The quantitative estimate of drug-likeness (QED) is 0.822. The van der Waals surface area contributed by atoms with Gasteiger partial charge in [0.1, 0.15) is 5.75 Å². The van der Waals surface area contributed by atoms with Crippen molar-refractivity contribution >= 4 is 5.69 Å². The van der Waals surface area contributed by atoms with Crippen molar-refractivity contribution in [1.82, 2.24) is 0 Å². The number of rotatable bonds is 3. The molecule has 0 saturated heterocycles. The van der Waals surface area contributed by atoms with Crippen molar-refractivity contribution in [2.24, 2.45) is 5.92 Å². The van der Waals surface area contributed by atoms with Crippen LogP contribution in [0.4, 0.5) is 18.9 Å². The monoisotopic (exact) mass is 287 g/mol. The van der Waals surface area contributed by atoms with Gasteiger partial charge in [-0.05, 0) is 49.8 Å². The number of hydrogen-bond donors (Lipinski definition) is 1. The van der Waals surface area contributed by atoms with Crippen molar-refractivity contribution < 1.29 is 17.9 Å². The lowest BCUT2D eigenvalue weighted by Crippen LogP contribution is -2.25. The molecule has 2 nitrogen and oxygen atoms in total. The molecule has 0 bridgehead atoms. The second-order valence-electron chi connectivity index (χ2n) is 5.42. The lowest BCUT2D eigenvalue weighted by atomic mass is 9.86. The summed E-state index contributed by atoms with van der Waals surface area (Å²) >= 11 is 0. The number of benzene rings is 1. The van der Waals surface area contributed by atoms with Crippen molar-refractivity contribution in [1.29, 1.82) is 0 Å². The van der Waals surface area contributed by atoms with E-state index in [1.54, 1.807) is 0 Å². The number of ether oxygens (including phenoxy) is 1. The van der Waals surface area contributed by atoms with Gasteiger partial charge in [0.2, 0.25) is 0 Å². The number of alkyl halides is 3. The van der Waals surface area contributed by atoms with Gasteiger partial charge in [0, 0.05) is 5.69 Å². The summed E-state index contributed by atoms with van der Waals surface area (Å²) in [6.07, 6.45) is 0.255. The van der Waals surface area contributed by atoms with Crippen molar-refractivity contribution in [3.63, 3.8) is 0 Å². The minimum Gasteiger partial charge on any atom is -0.490 e. The summed E-state index contributed by atoms with van der Waals surface area (Å²) in [5.41, 5.74) is 4.75. The first-order chi connectivity index (χ1) is 9.40. The van der Waals surface area contributed by atoms with E-state index < -0.39 is 11.7 Å². The molecule has 0 radical (unpaired) electrons. The van der Waals surface area contributed by atoms with Crippen LogP contribution in [0.5, 0.6) is 5.75 Å². The maximum atomic E-state index is 13.0. The van der Waals surface area contributed by atoms with E-state index in [2.05, 4.69) is 6.92 Å². The predicted octanol–water partition coefficient (Wildman–Crippen LogP) is 4.64. The lowest BCUT2D eigenvalue weighted by molar-refractivity contribution is -0.139. The number of halogens is 3. The first-order valence-electron chi connectivity index (χ1n) is 7.03. The van der Waals surface area contributed by atoms with Crippen LogP contribution < -0.4 is 10.5 Å². The highest BCUT2D eigenvalue weighted by Crippen LogP contribution is 2.39. The molecule has 1 aliphatic carbocycles. The fraction of sp³-hybridized carbons (Fsp3) is 0.600. The van der Waals surface area contributed by atoms with E-state index in [4.69, 9.17) is 10.5 Å². The third-order valence-corrected chi connectivity index (χ3v) is 3.97. The fourth-order valence-electron chi connectivity index (χ4n) is 2.71. The van der Waals surface area contributed by atoms with E-state index in [0.29, 0.717) is 5.92 Å². The van der Waals surface area contributed by atoms with Gasteiger partial charge >= 0.3 is 6.18 Å². The molecule has 2 N–H and O–H groups in total. The van der Waals surface area contributed by atoms with Crippen LogP contribution >= 0.6 is 0 Å². The smallest absolute Gasteiger partial charge is 0.420 e. The Labute approximate surface area is 117 Å². The Bertz CT molecular complexity index is 451. The summed E-state index contributed by atoms with van der Waals surface area (Å²) in [6.45, 7) is 2.15. The van der Waals surface area contributed by atoms with Crippen molar-refractivity contribution in [2.45, 2.75) is 51.3 Å². The Morgan fingerprint density at radius 1 is 1.20 bits per heavy atom. The molecule has 0 aromatic heterocycles. The van der Waals surface area contributed by atoms with E-state index in [1.165, 1.54) is 12.1 Å². The molecule has 0 aliphatic heterocycles. The summed E-state index contributed by atoms with van der Waals surface area (Å²) in [6, 6.07) is 3.71. The lowest BCUT2D eigenvalue weighted by Gasteiger charge is -2.29. The molecule has 20 heavy (non-hydrogen) atoms. The molecule has 5 heteroatoms. The largest absolute Gasteiger partial charge is 0.490 e. The molecule has 0 amide bonds. The predicted molar refractivity (Wildman–Crippen MR) is 72.5 cm³/mol. The molecule has 0 heterocycles. The summed E-state index contributed by atoms with van der Waals surface area (Å²) in [4.78, 5) is 0. The van der Waals surface area contributed by atoms with Crippen LogP contribution in [0.2, 0.25) is 0 Å². The number of nitrogen functional groups attached to an aromatic ring is 1. The second kappa shape index (κ2) is 5.94. The van der Waals surface area contributed by atoms with E-state index >= 15 is 0 Å². The van der Waals surface area contributed by atoms with Gasteiger partial charge in [-0.15, -0.1) is 0 Å². The third-order valence-electron chi connectivity index (χ3n) is 3.97. The topological polar surface area (TPSA) is 35.2 Å². The molecule has 2 rings (SSSR count). The molecule has 1 saturated carbocycles. The standard InChI is InChI=1S/C15H20F3NO/c1-2-10-3-6-12(7-4-10)20-14-8-5-11(19)9-13(14)15(16,17)18/h5,8-10,12H,2-4,6-7,19H2,1H3. The van der Waals surface area contributed by atoms with Gasteiger partial charge in [0.05, 0.1) is 11.7 Å². The van der Waals surface area contributed by atoms with E-state index in [9.17, 15) is 13.2 Å². The number of hydrogen-bond acceptors (Lipinski definition) is 2. The van der Waals surface area contributed by atoms with Gasteiger partial charge in [-0.3, -0.25) is 0 Å². The van der Waals surface area contributed by atoms with Crippen LogP contribution in [0, 0.1) is 5.92 Å². The third kappa shape index (κ3) is 3.58. The second-order valence-corrected chi connectivity index (χ2v) is 5.42. The molecule has 0 spiro atoms. The maximum absolute atomic E-state index is 13.0. The van der Waals surface area contributed by atoms with E-state index in [-0.39, 0.29) is 17.5 Å². The zero-order chi connectivity index (χ0) is 14.8. The molecule has 1 aliphatic rings. The fourth-order valence-corrected chi connectivity index (χ4v) is 2.71. The first kappa shape index (κ1) is 15.0. The van der Waals surface area contributed by atoms with Crippen molar-refractivity contribution in [3.05, 3.63) is 23.8 Å². The van der Waals surface area contributed by atoms with E-state index in [1.807, 2.05) is 0 Å². The Morgan fingerprint density at radius 2 is 1.85 bits per heavy atom. The van der Waals surface area contributed by atoms with Crippen LogP contribution in [0.1, 0.15) is 44.6 Å². The number of nitrogens with two attached hydrogens (primary N) is 1. The van der Waals surface area contributed by atoms with Crippen LogP contribution in [0.25, 0.3) is 0 Å². The molecule has 112 valence electrons. The zero-order valence-electron chi connectivity index (χ0n) is 11.5. The van der Waals surface area contributed by atoms with E-state index in [0.717, 1.165) is 38.2 Å². The van der Waals surface area contributed by atoms with Crippen LogP contribution in [-0.4, -0.2) is 6.10 Å². The molecule has 0 unspecified atom stereocenters. The normalized spacial score (nSPS) is 23.6. The molecule has 1 aromatic rings. The molecular formula is C15H20F3NO. The van der Waals surface area contributed by atoms with Crippen molar-refractivity contribution in [2.75, 3.05) is 5.73 Å². The minimum atomic E-state index is -4.44. The van der Waals surface area contributed by atoms with Crippen molar-refractivity contribution in [3.8, 4) is 5.75 Å². The molecule has 1 aromatic carbocycles. The molecular weight excluding hydrogens is 267 g/mol. The SMILES string of the molecule is CCC1CCC(Oc2ccc(N)cc2C(F)(F)F)CC1. The summed E-state index contributed by atoms with van der Waals surface area (Å²) in [7, 11) is 0. The Hall–Kier alpha value is -1.39. The summed E-state index contributed by atoms with van der Waals surface area (Å²) < 4.78 is 44.5. The summed E-state index contributed by atoms with van der Waals surface area (Å²) in [5, 5.41) is 0. The van der Waals surface area contributed by atoms with Crippen LogP contribution in [-0.2, 0) is 6.18 Å². The van der Waals surface area contributed by atoms with Gasteiger partial charge in [-0.1, -0.05) is 13.3 Å². The van der Waals surface area contributed by atoms with Gasteiger partial charge in [0.25, 0.3) is 0 Å². The van der Waals surface area contributed by atoms with Crippen LogP contribution in [0.3, 0.4) is 0 Å². The Morgan fingerprint density at radius 3 is 2.40 bits per heavy atom. The zero-order valence-corrected chi connectivity index (χ0v) is 11.5. The summed E-state index contributed by atoms with van der Waals surface area (Å²) in [5.74, 6) is 0.579. The average molecular weight is 287 g/mol. The van der Waals surface area contributed by atoms with Gasteiger partial charge in [0.15, 0.2) is 0 Å². The Balaban J connectivity index is 2.10.